The van der Waals surface area contributed by atoms with E-state index in [0.717, 1.165) is 67.9 Å². The molecule has 3 amide bonds. The van der Waals surface area contributed by atoms with Crippen LogP contribution in [0.4, 0.5) is 13.6 Å². The van der Waals surface area contributed by atoms with Crippen LogP contribution in [0.2, 0.25) is 0 Å². The highest BCUT2D eigenvalue weighted by molar-refractivity contribution is 7.94. The molecule has 1 aliphatic heterocycles. The number of halogens is 3. The van der Waals surface area contributed by atoms with Crippen LogP contribution in [-0.4, -0.2) is 83.7 Å². The van der Waals surface area contributed by atoms with E-state index in [1.165, 1.54) is 12.5 Å². The summed E-state index contributed by atoms with van der Waals surface area (Å²) in [4.78, 5) is 45.6. The van der Waals surface area contributed by atoms with E-state index in [4.69, 9.17) is 14.0 Å². The van der Waals surface area contributed by atoms with Gasteiger partial charge in [0.2, 0.25) is 11.8 Å². The number of hydrogen-bond acceptors (Lipinski definition) is 9. The highest BCUT2D eigenvalue weighted by atomic mass is 35.5. The van der Waals surface area contributed by atoms with Gasteiger partial charge in [-0.2, -0.15) is 4.33 Å². The normalized spacial score (nSPS) is 15.9. The number of hydrogen-bond donors (Lipinski definition) is 4. The Morgan fingerprint density at radius 1 is 1.00 bits per heavy atom. The number of carbonyl (C=O) groups is 3. The highest BCUT2D eigenvalue weighted by Crippen LogP contribution is 2.17. The Morgan fingerprint density at radius 3 is 2.31 bits per heavy atom. The first-order valence-corrected chi connectivity index (χ1v) is 18.3. The Bertz CT molecular complexity index is 1350. The van der Waals surface area contributed by atoms with E-state index in [2.05, 4.69) is 28.9 Å². The lowest BCUT2D eigenvalue weighted by molar-refractivity contribution is -0.234. The second-order valence-corrected chi connectivity index (χ2v) is 13.3. The molecular weight excluding hydrogens is 706 g/mol. The van der Waals surface area contributed by atoms with Crippen molar-refractivity contribution in [3.05, 3.63) is 70.8 Å². The first-order valence-electron chi connectivity index (χ1n) is 17.4. The Balaban J connectivity index is 0.00000901. The molecule has 11 nitrogen and oxygen atoms in total. The van der Waals surface area contributed by atoms with Gasteiger partial charge in [-0.15, -0.1) is 12.4 Å². The van der Waals surface area contributed by atoms with E-state index in [1.54, 1.807) is 4.90 Å². The van der Waals surface area contributed by atoms with Crippen molar-refractivity contribution in [2.45, 2.75) is 110 Å². The van der Waals surface area contributed by atoms with E-state index in [1.807, 2.05) is 32.0 Å². The molecule has 286 valence electrons. The van der Waals surface area contributed by atoms with Gasteiger partial charge in [-0.25, -0.2) is 18.5 Å². The predicted octanol–water partition coefficient (Wildman–Crippen LogP) is 5.41. The van der Waals surface area contributed by atoms with Gasteiger partial charge in [-0.3, -0.25) is 9.59 Å². The third-order valence-corrected chi connectivity index (χ3v) is 9.05. The van der Waals surface area contributed by atoms with Gasteiger partial charge in [0.25, 0.3) is 0 Å². The second kappa shape index (κ2) is 23.5. The molecule has 0 aromatic heterocycles. The molecule has 0 spiro atoms. The maximum atomic E-state index is 14.1. The lowest BCUT2D eigenvalue weighted by atomic mass is 10.00. The molecule has 0 aliphatic carbocycles. The topological polar surface area (TPSA) is 138 Å². The number of aliphatic hydroxyl groups is 1. The fourth-order valence-electron chi connectivity index (χ4n) is 5.70. The quantitative estimate of drug-likeness (QED) is 0.0570. The number of benzene rings is 2. The van der Waals surface area contributed by atoms with Gasteiger partial charge in [0, 0.05) is 51.1 Å². The van der Waals surface area contributed by atoms with Crippen LogP contribution in [0.1, 0.15) is 76.5 Å². The zero-order chi connectivity index (χ0) is 36.5. The molecule has 0 bridgehead atoms. The molecule has 1 heterocycles. The molecule has 1 fully saturated rings. The molecule has 0 radical (unpaired) electrons. The van der Waals surface area contributed by atoms with E-state index in [0.29, 0.717) is 19.5 Å². The number of carbonyl (C=O) groups excluding carboxylic acids is 3. The summed E-state index contributed by atoms with van der Waals surface area (Å²) in [7, 11) is 0. The minimum Gasteiger partial charge on any atom is -0.444 e. The van der Waals surface area contributed by atoms with Crippen molar-refractivity contribution in [1.82, 2.24) is 20.9 Å². The minimum absolute atomic E-state index is 0. The van der Waals surface area contributed by atoms with Gasteiger partial charge >= 0.3 is 6.09 Å². The van der Waals surface area contributed by atoms with Crippen molar-refractivity contribution in [3.8, 4) is 0 Å². The van der Waals surface area contributed by atoms with Crippen LogP contribution in [0.5, 0.6) is 0 Å². The van der Waals surface area contributed by atoms with Crippen molar-refractivity contribution < 1.29 is 42.2 Å². The number of likely N-dealkylation sites (tertiary alicyclic amines) is 1. The van der Waals surface area contributed by atoms with E-state index >= 15 is 0 Å². The Labute approximate surface area is 310 Å². The first kappa shape index (κ1) is 44.2. The van der Waals surface area contributed by atoms with Crippen LogP contribution >= 0.6 is 24.4 Å². The molecule has 4 N–H and O–H groups in total. The number of alkyl carbamates (subject to hydrolysis) is 1. The summed E-state index contributed by atoms with van der Waals surface area (Å²) in [6, 6.07) is 8.82. The average molecular weight is 759 g/mol. The molecule has 51 heavy (non-hydrogen) atoms. The fourth-order valence-corrected chi connectivity index (χ4v) is 6.29. The summed E-state index contributed by atoms with van der Waals surface area (Å²) in [5.74, 6) is -2.46. The molecule has 4 atom stereocenters. The lowest BCUT2D eigenvalue weighted by Gasteiger charge is -2.27. The van der Waals surface area contributed by atoms with Crippen molar-refractivity contribution in [2.75, 3.05) is 25.4 Å². The average Bonchev–Trinajstić information content (AvgIpc) is 3.54. The molecule has 1 aliphatic rings. The van der Waals surface area contributed by atoms with Crippen LogP contribution in [-0.2, 0) is 42.9 Å². The maximum absolute atomic E-state index is 14.1. The predicted molar refractivity (Wildman–Crippen MR) is 195 cm³/mol. The van der Waals surface area contributed by atoms with Crippen LogP contribution < -0.4 is 16.0 Å². The van der Waals surface area contributed by atoms with Gasteiger partial charge < -0.3 is 30.7 Å². The summed E-state index contributed by atoms with van der Waals surface area (Å²) in [5, 5.41) is 19.8. The Hall–Kier alpha value is -3.01. The van der Waals surface area contributed by atoms with Crippen LogP contribution in [0.3, 0.4) is 0 Å². The Morgan fingerprint density at radius 2 is 1.69 bits per heavy atom. The summed E-state index contributed by atoms with van der Waals surface area (Å²) in [6.45, 7) is 8.78. The number of nitrogens with zero attached hydrogens (tertiary/aromatic N) is 1. The highest BCUT2D eigenvalue weighted by Gasteiger charge is 2.31. The van der Waals surface area contributed by atoms with E-state index in [-0.39, 0.29) is 55.2 Å². The van der Waals surface area contributed by atoms with E-state index < -0.39 is 47.9 Å². The summed E-state index contributed by atoms with van der Waals surface area (Å²) >= 11 is 0.836. The lowest BCUT2D eigenvalue weighted by Crippen LogP contribution is -2.55. The smallest absolute Gasteiger partial charge is 0.408 e. The fraction of sp³-hybridized carbons (Fsp3) is 0.583. The SMILES string of the molecule is CCCC(CCC)OOSC[C@@H](NC(=O)O[C@@H]1CCN(C(C)=O)C1)C(=O)N[C@@H](Cc1cc(F)cc(F)c1)[C@H](O)CNCc1cccc(CC)c1.Cl. The third-order valence-electron chi connectivity index (χ3n) is 8.40. The molecule has 2 aromatic carbocycles. The molecular formula is C36H53ClF2N4O7S. The first-order chi connectivity index (χ1) is 24.0. The number of amides is 3. The van der Waals surface area contributed by atoms with Gasteiger partial charge in [0.15, 0.2) is 0 Å². The summed E-state index contributed by atoms with van der Waals surface area (Å²) in [6.07, 6.45) is 1.91. The second-order valence-electron chi connectivity index (χ2n) is 12.6. The molecule has 3 rings (SSSR count). The maximum Gasteiger partial charge on any atom is 0.408 e. The number of aliphatic hydroxyl groups excluding tert-OH is 1. The number of aryl methyl sites for hydroxylation is 1. The molecule has 1 saturated heterocycles. The monoisotopic (exact) mass is 758 g/mol. The zero-order valence-electron chi connectivity index (χ0n) is 29.8. The van der Waals surface area contributed by atoms with Gasteiger partial charge in [-0.05, 0) is 54.5 Å². The Kier molecular flexibility index (Phi) is 20.4. The number of nitrogens with one attached hydrogen (secondary N) is 3. The standard InChI is InChI=1S/C36H52F2N4O7S.ClH/c1-5-9-30(10-6-2)48-49-50-23-33(41-36(46)47-31-13-14-42(22-31)24(4)43)35(45)40-32(18-27-16-28(37)19-29(38)17-27)34(44)21-39-20-26-12-8-11-25(7-3)15-26;/h8,11-12,15-17,19,30-34,39,44H,5-7,9-10,13-14,18,20-23H2,1-4H3,(H,40,45)(H,41,46);1H/t31-,32+,33-,34-;/m1./s1. The van der Waals surface area contributed by atoms with Crippen LogP contribution in [0.15, 0.2) is 42.5 Å². The number of rotatable bonds is 21. The largest absolute Gasteiger partial charge is 0.444 e. The van der Waals surface area contributed by atoms with Crippen molar-refractivity contribution in [1.29, 1.82) is 0 Å². The van der Waals surface area contributed by atoms with Crippen LogP contribution in [0, 0.1) is 11.6 Å². The molecule has 0 unspecified atom stereocenters. The minimum atomic E-state index is -1.21. The van der Waals surface area contributed by atoms with Gasteiger partial charge in [0.05, 0.1) is 30.5 Å². The van der Waals surface area contributed by atoms with Gasteiger partial charge in [-0.1, -0.05) is 57.9 Å². The van der Waals surface area contributed by atoms with Crippen molar-refractivity contribution in [2.24, 2.45) is 0 Å². The van der Waals surface area contributed by atoms with Crippen LogP contribution in [0.25, 0.3) is 0 Å². The molecule has 15 heteroatoms. The summed E-state index contributed by atoms with van der Waals surface area (Å²) < 4.78 is 39.1. The molecule has 2 aromatic rings. The molecule has 0 saturated carbocycles. The number of ether oxygens (including phenoxy) is 1. The van der Waals surface area contributed by atoms with Gasteiger partial charge in [0.1, 0.15) is 23.8 Å². The van der Waals surface area contributed by atoms with Crippen molar-refractivity contribution in [3.63, 3.8) is 0 Å². The van der Waals surface area contributed by atoms with E-state index in [9.17, 15) is 28.3 Å². The van der Waals surface area contributed by atoms with Crippen molar-refractivity contribution >= 4 is 42.4 Å². The third kappa shape index (κ3) is 16.0. The zero-order valence-corrected chi connectivity index (χ0v) is 31.5. The summed E-state index contributed by atoms with van der Waals surface area (Å²) in [5.41, 5.74) is 2.41.